The SMILES string of the molecule is COc1cccc(CC2(C(=O)N[C@@H](C)C(=O)O)CC3CCC2C3)c1. The number of carboxylic acid groups (broad SMARTS) is 1. The second-order valence-electron chi connectivity index (χ2n) is 7.30. The Morgan fingerprint density at radius 3 is 2.79 bits per heavy atom. The molecule has 2 fully saturated rings. The molecule has 5 nitrogen and oxygen atoms in total. The van der Waals surface area contributed by atoms with Crippen molar-refractivity contribution in [3.8, 4) is 5.75 Å². The topological polar surface area (TPSA) is 75.6 Å². The fourth-order valence-corrected chi connectivity index (χ4v) is 4.57. The zero-order chi connectivity index (χ0) is 17.3. The van der Waals surface area contributed by atoms with E-state index in [0.29, 0.717) is 18.3 Å². The van der Waals surface area contributed by atoms with E-state index in [2.05, 4.69) is 5.32 Å². The van der Waals surface area contributed by atoms with E-state index in [-0.39, 0.29) is 5.91 Å². The number of hydrogen-bond donors (Lipinski definition) is 2. The van der Waals surface area contributed by atoms with Gasteiger partial charge in [0.05, 0.1) is 12.5 Å². The minimum atomic E-state index is -0.997. The summed E-state index contributed by atoms with van der Waals surface area (Å²) in [6.45, 7) is 1.52. The van der Waals surface area contributed by atoms with Gasteiger partial charge in [-0.25, -0.2) is 0 Å². The van der Waals surface area contributed by atoms with Crippen molar-refractivity contribution in [2.24, 2.45) is 17.3 Å². The molecular formula is C19H25NO4. The van der Waals surface area contributed by atoms with Gasteiger partial charge in [-0.1, -0.05) is 18.6 Å². The van der Waals surface area contributed by atoms with Gasteiger partial charge in [0.2, 0.25) is 5.91 Å². The number of benzene rings is 1. The van der Waals surface area contributed by atoms with Crippen molar-refractivity contribution in [1.29, 1.82) is 0 Å². The number of carboxylic acids is 1. The molecule has 1 aromatic carbocycles. The Balaban J connectivity index is 1.86. The molecule has 2 aliphatic rings. The molecule has 0 spiro atoms. The smallest absolute Gasteiger partial charge is 0.325 e. The first kappa shape index (κ1) is 16.8. The molecular weight excluding hydrogens is 306 g/mol. The van der Waals surface area contributed by atoms with Gasteiger partial charge in [0.15, 0.2) is 0 Å². The van der Waals surface area contributed by atoms with Crippen LogP contribution in [0.15, 0.2) is 24.3 Å². The Morgan fingerprint density at radius 1 is 1.42 bits per heavy atom. The van der Waals surface area contributed by atoms with Crippen LogP contribution in [0.1, 0.15) is 38.2 Å². The van der Waals surface area contributed by atoms with Gasteiger partial charge >= 0.3 is 5.97 Å². The minimum absolute atomic E-state index is 0.104. The minimum Gasteiger partial charge on any atom is -0.497 e. The number of nitrogens with one attached hydrogen (secondary N) is 1. The number of rotatable bonds is 6. The second-order valence-corrected chi connectivity index (χ2v) is 7.30. The van der Waals surface area contributed by atoms with E-state index < -0.39 is 17.4 Å². The highest BCUT2D eigenvalue weighted by molar-refractivity contribution is 5.88. The van der Waals surface area contributed by atoms with Gasteiger partial charge in [-0.15, -0.1) is 0 Å². The number of aliphatic carboxylic acids is 1. The van der Waals surface area contributed by atoms with Crippen molar-refractivity contribution >= 4 is 11.9 Å². The van der Waals surface area contributed by atoms with Crippen molar-refractivity contribution in [3.05, 3.63) is 29.8 Å². The second kappa shape index (κ2) is 6.46. The van der Waals surface area contributed by atoms with Crippen LogP contribution in [-0.4, -0.2) is 30.1 Å². The van der Waals surface area contributed by atoms with Crippen LogP contribution in [0.4, 0.5) is 0 Å². The number of amides is 1. The van der Waals surface area contributed by atoms with Crippen LogP contribution in [0.5, 0.6) is 5.75 Å². The molecule has 5 heteroatoms. The molecule has 2 saturated carbocycles. The van der Waals surface area contributed by atoms with Crippen molar-refractivity contribution in [2.45, 2.75) is 45.1 Å². The van der Waals surface area contributed by atoms with Crippen LogP contribution in [0, 0.1) is 17.3 Å². The summed E-state index contributed by atoms with van der Waals surface area (Å²) in [7, 11) is 1.63. The number of methoxy groups -OCH3 is 1. The summed E-state index contributed by atoms with van der Waals surface area (Å²) in [5.41, 5.74) is 0.582. The Morgan fingerprint density at radius 2 is 2.21 bits per heavy atom. The zero-order valence-corrected chi connectivity index (χ0v) is 14.2. The van der Waals surface area contributed by atoms with Crippen LogP contribution in [-0.2, 0) is 16.0 Å². The van der Waals surface area contributed by atoms with Crippen LogP contribution >= 0.6 is 0 Å². The van der Waals surface area contributed by atoms with E-state index in [1.807, 2.05) is 24.3 Å². The molecule has 3 rings (SSSR count). The summed E-state index contributed by atoms with van der Waals surface area (Å²) in [4.78, 5) is 24.1. The highest BCUT2D eigenvalue weighted by Crippen LogP contribution is 2.57. The number of ether oxygens (including phenoxy) is 1. The monoisotopic (exact) mass is 331 g/mol. The third kappa shape index (κ3) is 2.99. The maximum Gasteiger partial charge on any atom is 0.325 e. The van der Waals surface area contributed by atoms with Crippen LogP contribution in [0.3, 0.4) is 0 Å². The average Bonchev–Trinajstić information content (AvgIpc) is 3.16. The molecule has 3 unspecified atom stereocenters. The van der Waals surface area contributed by atoms with E-state index in [1.54, 1.807) is 7.11 Å². The Hall–Kier alpha value is -2.04. The van der Waals surface area contributed by atoms with Crippen molar-refractivity contribution < 1.29 is 19.4 Å². The fourth-order valence-electron chi connectivity index (χ4n) is 4.57. The van der Waals surface area contributed by atoms with Gasteiger partial charge in [0.25, 0.3) is 0 Å². The van der Waals surface area contributed by atoms with Gasteiger partial charge in [-0.05, 0) is 62.1 Å². The molecule has 0 aromatic heterocycles. The first-order valence-electron chi connectivity index (χ1n) is 8.61. The summed E-state index contributed by atoms with van der Waals surface area (Å²) in [6, 6.07) is 6.96. The highest BCUT2D eigenvalue weighted by atomic mass is 16.5. The highest BCUT2D eigenvalue weighted by Gasteiger charge is 2.55. The summed E-state index contributed by atoms with van der Waals surface area (Å²) >= 11 is 0. The number of hydrogen-bond acceptors (Lipinski definition) is 3. The van der Waals surface area contributed by atoms with Gasteiger partial charge in [-0.2, -0.15) is 0 Å². The summed E-state index contributed by atoms with van der Waals surface area (Å²) in [5, 5.41) is 11.8. The van der Waals surface area contributed by atoms with Gasteiger partial charge in [0, 0.05) is 0 Å². The molecule has 0 saturated heterocycles. The van der Waals surface area contributed by atoms with Crippen molar-refractivity contribution in [2.75, 3.05) is 7.11 Å². The maximum atomic E-state index is 13.0. The molecule has 1 aromatic rings. The predicted molar refractivity (Wildman–Crippen MR) is 89.8 cm³/mol. The molecule has 0 radical (unpaired) electrons. The van der Waals surface area contributed by atoms with Gasteiger partial charge < -0.3 is 15.2 Å². The van der Waals surface area contributed by atoms with E-state index in [0.717, 1.165) is 30.6 Å². The number of fused-ring (bicyclic) bond motifs is 2. The van der Waals surface area contributed by atoms with Crippen LogP contribution < -0.4 is 10.1 Å². The van der Waals surface area contributed by atoms with Crippen LogP contribution in [0.2, 0.25) is 0 Å². The normalized spacial score (nSPS) is 29.2. The lowest BCUT2D eigenvalue weighted by atomic mass is 9.68. The lowest BCUT2D eigenvalue weighted by Gasteiger charge is -2.37. The molecule has 2 N–H and O–H groups in total. The zero-order valence-electron chi connectivity index (χ0n) is 14.2. The van der Waals surface area contributed by atoms with Crippen LogP contribution in [0.25, 0.3) is 0 Å². The molecule has 1 amide bonds. The Kier molecular flexibility index (Phi) is 4.52. The quantitative estimate of drug-likeness (QED) is 0.840. The third-order valence-corrected chi connectivity index (χ3v) is 5.80. The molecule has 2 aliphatic carbocycles. The predicted octanol–water partition coefficient (Wildman–Crippen LogP) is 2.63. The Labute approximate surface area is 142 Å². The van der Waals surface area contributed by atoms with E-state index in [4.69, 9.17) is 9.84 Å². The number of carbonyl (C=O) groups is 2. The summed E-state index contributed by atoms with van der Waals surface area (Å²) in [6.07, 6.45) is 4.82. The molecule has 0 aliphatic heterocycles. The third-order valence-electron chi connectivity index (χ3n) is 5.80. The summed E-state index contributed by atoms with van der Waals surface area (Å²) in [5.74, 6) is 0.613. The fraction of sp³-hybridized carbons (Fsp3) is 0.579. The summed E-state index contributed by atoms with van der Waals surface area (Å²) < 4.78 is 5.29. The van der Waals surface area contributed by atoms with Gasteiger partial charge in [0.1, 0.15) is 11.8 Å². The van der Waals surface area contributed by atoms with Gasteiger partial charge in [-0.3, -0.25) is 9.59 Å². The molecule has 4 atom stereocenters. The van der Waals surface area contributed by atoms with Crippen molar-refractivity contribution in [3.63, 3.8) is 0 Å². The largest absolute Gasteiger partial charge is 0.497 e. The average molecular weight is 331 g/mol. The van der Waals surface area contributed by atoms with Crippen molar-refractivity contribution in [1.82, 2.24) is 5.32 Å². The lowest BCUT2D eigenvalue weighted by molar-refractivity contribution is -0.144. The van der Waals surface area contributed by atoms with E-state index >= 15 is 0 Å². The first-order valence-corrected chi connectivity index (χ1v) is 8.61. The molecule has 130 valence electrons. The molecule has 24 heavy (non-hydrogen) atoms. The lowest BCUT2D eigenvalue weighted by Crippen LogP contribution is -2.50. The van der Waals surface area contributed by atoms with E-state index in [1.165, 1.54) is 13.3 Å². The molecule has 0 heterocycles. The first-order chi connectivity index (χ1) is 11.4. The Bertz CT molecular complexity index is 644. The maximum absolute atomic E-state index is 13.0. The molecule has 2 bridgehead atoms. The number of carbonyl (C=O) groups excluding carboxylic acids is 1. The van der Waals surface area contributed by atoms with E-state index in [9.17, 15) is 9.59 Å². The standard InChI is InChI=1S/C19H25NO4/c1-12(17(21)22)20-18(23)19(11-14-6-7-15(19)8-14)10-13-4-3-5-16(9-13)24-2/h3-5,9,12,14-15H,6-8,10-11H2,1-2H3,(H,20,23)(H,21,22)/t12-,14?,15?,19?/m0/s1.